The lowest BCUT2D eigenvalue weighted by Crippen LogP contribution is -2.37. The monoisotopic (exact) mass is 425 g/mol. The van der Waals surface area contributed by atoms with Crippen LogP contribution in [0, 0.1) is 6.92 Å². The molecule has 0 heterocycles. The summed E-state index contributed by atoms with van der Waals surface area (Å²) in [6.45, 7) is 7.35. The second-order valence-electron chi connectivity index (χ2n) is 8.33. The summed E-state index contributed by atoms with van der Waals surface area (Å²) in [5, 5.41) is 8.07. The number of alkyl carbamates (subject to hydrolysis) is 1. The van der Waals surface area contributed by atoms with Gasteiger partial charge in [-0.2, -0.15) is 0 Å². The summed E-state index contributed by atoms with van der Waals surface area (Å²) in [6, 6.07) is 15.3. The minimum absolute atomic E-state index is 0.0609. The highest BCUT2D eigenvalue weighted by molar-refractivity contribution is 5.94. The zero-order valence-electron chi connectivity index (χ0n) is 18.6. The van der Waals surface area contributed by atoms with Gasteiger partial charge in [0, 0.05) is 18.7 Å². The van der Waals surface area contributed by atoms with Crippen molar-refractivity contribution in [3.8, 4) is 0 Å². The van der Waals surface area contributed by atoms with Crippen LogP contribution in [0.3, 0.4) is 0 Å². The van der Waals surface area contributed by atoms with Crippen LogP contribution in [0.25, 0.3) is 0 Å². The molecule has 0 unspecified atom stereocenters. The summed E-state index contributed by atoms with van der Waals surface area (Å²) in [7, 11) is 0. The number of carbonyl (C=O) groups is 3. The van der Waals surface area contributed by atoms with Crippen LogP contribution in [0.4, 0.5) is 10.5 Å². The van der Waals surface area contributed by atoms with Crippen molar-refractivity contribution in [2.75, 3.05) is 11.9 Å². The van der Waals surface area contributed by atoms with E-state index in [2.05, 4.69) is 22.0 Å². The molecular formula is C24H31N3O4. The van der Waals surface area contributed by atoms with Crippen LogP contribution in [0.2, 0.25) is 0 Å². The minimum atomic E-state index is -0.656. The molecule has 0 spiro atoms. The average Bonchev–Trinajstić information content (AvgIpc) is 2.69. The first kappa shape index (κ1) is 23.9. The van der Waals surface area contributed by atoms with Gasteiger partial charge in [0.05, 0.1) is 0 Å². The maximum atomic E-state index is 12.2. The standard InChI is InChI=1S/C24H31N3O4/c1-17-8-7-9-18(14-17)12-13-21(28)25-15-19-10-5-6-11-20(19)27-22(29)16-26-23(30)31-24(2,3)4/h5-11,14H,12-13,15-16H2,1-4H3,(H,25,28)(H,26,30)(H,27,29). The van der Waals surface area contributed by atoms with E-state index in [9.17, 15) is 14.4 Å². The fourth-order valence-corrected chi connectivity index (χ4v) is 2.87. The van der Waals surface area contributed by atoms with Crippen molar-refractivity contribution in [3.63, 3.8) is 0 Å². The molecule has 2 rings (SSSR count). The molecule has 2 aromatic rings. The first-order chi connectivity index (χ1) is 14.6. The molecule has 0 bridgehead atoms. The molecule has 3 N–H and O–H groups in total. The van der Waals surface area contributed by atoms with E-state index in [1.165, 1.54) is 5.56 Å². The number of hydrogen-bond donors (Lipinski definition) is 3. The van der Waals surface area contributed by atoms with Crippen LogP contribution in [-0.4, -0.2) is 30.1 Å². The van der Waals surface area contributed by atoms with Gasteiger partial charge in [-0.3, -0.25) is 9.59 Å². The first-order valence-electron chi connectivity index (χ1n) is 10.3. The normalized spacial score (nSPS) is 10.8. The molecule has 7 heteroatoms. The molecule has 0 aliphatic heterocycles. The minimum Gasteiger partial charge on any atom is -0.444 e. The summed E-state index contributed by atoms with van der Waals surface area (Å²) in [5.74, 6) is -0.446. The topological polar surface area (TPSA) is 96.5 Å². The Hall–Kier alpha value is -3.35. The molecule has 31 heavy (non-hydrogen) atoms. The maximum Gasteiger partial charge on any atom is 0.408 e. The molecule has 0 saturated carbocycles. The molecule has 0 aromatic heterocycles. The van der Waals surface area contributed by atoms with Gasteiger partial charge < -0.3 is 20.7 Å². The largest absolute Gasteiger partial charge is 0.444 e. The number of hydrogen-bond acceptors (Lipinski definition) is 4. The zero-order chi connectivity index (χ0) is 22.9. The molecule has 0 atom stereocenters. The molecule has 2 aromatic carbocycles. The lowest BCUT2D eigenvalue weighted by molar-refractivity contribution is -0.121. The molecule has 0 fully saturated rings. The number of amides is 3. The Kier molecular flexibility index (Phi) is 8.61. The number of nitrogens with one attached hydrogen (secondary N) is 3. The fourth-order valence-electron chi connectivity index (χ4n) is 2.87. The van der Waals surface area contributed by atoms with E-state index >= 15 is 0 Å². The molecule has 7 nitrogen and oxygen atoms in total. The van der Waals surface area contributed by atoms with Gasteiger partial charge in [0.15, 0.2) is 0 Å². The highest BCUT2D eigenvalue weighted by Gasteiger charge is 2.17. The molecule has 0 radical (unpaired) electrons. The third-order valence-corrected chi connectivity index (χ3v) is 4.28. The molecular weight excluding hydrogens is 394 g/mol. The predicted octanol–water partition coefficient (Wildman–Crippen LogP) is 3.71. The van der Waals surface area contributed by atoms with E-state index in [1.54, 1.807) is 32.9 Å². The zero-order valence-corrected chi connectivity index (χ0v) is 18.6. The van der Waals surface area contributed by atoms with Gasteiger partial charge in [-0.15, -0.1) is 0 Å². The van der Waals surface area contributed by atoms with Gasteiger partial charge in [-0.05, 0) is 51.3 Å². The fraction of sp³-hybridized carbons (Fsp3) is 0.375. The van der Waals surface area contributed by atoms with Crippen LogP contribution < -0.4 is 16.0 Å². The van der Waals surface area contributed by atoms with Crippen molar-refractivity contribution < 1.29 is 19.1 Å². The summed E-state index contributed by atoms with van der Waals surface area (Å²) < 4.78 is 5.11. The van der Waals surface area contributed by atoms with Crippen LogP contribution in [0.1, 0.15) is 43.9 Å². The predicted molar refractivity (Wildman–Crippen MR) is 121 cm³/mol. The summed E-state index contributed by atoms with van der Waals surface area (Å²) in [5.41, 5.74) is 3.02. The van der Waals surface area contributed by atoms with Crippen LogP contribution in [0.5, 0.6) is 0 Å². The number of anilines is 1. The molecule has 3 amide bonds. The van der Waals surface area contributed by atoms with Crippen molar-refractivity contribution in [1.82, 2.24) is 10.6 Å². The van der Waals surface area contributed by atoms with Crippen LogP contribution >= 0.6 is 0 Å². The van der Waals surface area contributed by atoms with Gasteiger partial charge in [-0.1, -0.05) is 48.0 Å². The average molecular weight is 426 g/mol. The Labute approximate surface area is 183 Å². The smallest absolute Gasteiger partial charge is 0.408 e. The van der Waals surface area contributed by atoms with E-state index in [0.717, 1.165) is 11.1 Å². The van der Waals surface area contributed by atoms with Gasteiger partial charge in [0.1, 0.15) is 12.1 Å². The number of benzene rings is 2. The maximum absolute atomic E-state index is 12.2. The second kappa shape index (κ2) is 11.2. The van der Waals surface area contributed by atoms with E-state index in [4.69, 9.17) is 4.74 Å². The van der Waals surface area contributed by atoms with Gasteiger partial charge in [-0.25, -0.2) is 4.79 Å². The second-order valence-corrected chi connectivity index (χ2v) is 8.33. The third-order valence-electron chi connectivity index (χ3n) is 4.28. The first-order valence-corrected chi connectivity index (χ1v) is 10.3. The molecule has 0 aliphatic carbocycles. The summed E-state index contributed by atoms with van der Waals surface area (Å²) in [6.07, 6.45) is 0.400. The van der Waals surface area contributed by atoms with Crippen molar-refractivity contribution in [3.05, 3.63) is 65.2 Å². The Balaban J connectivity index is 1.82. The SMILES string of the molecule is Cc1cccc(CCC(=O)NCc2ccccc2NC(=O)CNC(=O)OC(C)(C)C)c1. The highest BCUT2D eigenvalue weighted by Crippen LogP contribution is 2.15. The Bertz CT molecular complexity index is 919. The summed E-state index contributed by atoms with van der Waals surface area (Å²) >= 11 is 0. The van der Waals surface area contributed by atoms with E-state index < -0.39 is 11.7 Å². The van der Waals surface area contributed by atoms with Crippen molar-refractivity contribution in [2.45, 2.75) is 52.7 Å². The van der Waals surface area contributed by atoms with Crippen molar-refractivity contribution in [2.24, 2.45) is 0 Å². The quantitative estimate of drug-likeness (QED) is 0.601. The van der Waals surface area contributed by atoms with E-state index in [1.807, 2.05) is 37.3 Å². The van der Waals surface area contributed by atoms with E-state index in [0.29, 0.717) is 25.1 Å². The Morgan fingerprint density at radius 1 is 0.935 bits per heavy atom. The van der Waals surface area contributed by atoms with Crippen LogP contribution in [0.15, 0.2) is 48.5 Å². The van der Waals surface area contributed by atoms with Gasteiger partial charge in [0.2, 0.25) is 11.8 Å². The third kappa shape index (κ3) is 9.33. The van der Waals surface area contributed by atoms with Crippen molar-refractivity contribution in [1.29, 1.82) is 0 Å². The Morgan fingerprint density at radius 3 is 2.39 bits per heavy atom. The number of aryl methyl sites for hydroxylation is 2. The van der Waals surface area contributed by atoms with Gasteiger partial charge in [0.25, 0.3) is 0 Å². The number of ether oxygens (including phenoxy) is 1. The lowest BCUT2D eigenvalue weighted by atomic mass is 10.1. The Morgan fingerprint density at radius 2 is 1.68 bits per heavy atom. The molecule has 0 aliphatic rings. The number of rotatable bonds is 8. The summed E-state index contributed by atoms with van der Waals surface area (Å²) in [4.78, 5) is 36.1. The van der Waals surface area contributed by atoms with Crippen LogP contribution in [-0.2, 0) is 27.3 Å². The van der Waals surface area contributed by atoms with E-state index in [-0.39, 0.29) is 18.4 Å². The molecule has 0 saturated heterocycles. The van der Waals surface area contributed by atoms with Gasteiger partial charge >= 0.3 is 6.09 Å². The number of para-hydroxylation sites is 1. The number of carbonyl (C=O) groups excluding carboxylic acids is 3. The lowest BCUT2D eigenvalue weighted by Gasteiger charge is -2.19. The van der Waals surface area contributed by atoms with Crippen molar-refractivity contribution >= 4 is 23.6 Å². The molecule has 166 valence electrons. The highest BCUT2D eigenvalue weighted by atomic mass is 16.6.